The number of para-hydroxylation sites is 2. The number of pyridine rings is 1. The van der Waals surface area contributed by atoms with E-state index in [4.69, 9.17) is 9.47 Å². The van der Waals surface area contributed by atoms with E-state index < -0.39 is 0 Å². The van der Waals surface area contributed by atoms with E-state index >= 15 is 0 Å². The molecule has 0 radical (unpaired) electrons. The fourth-order valence-corrected chi connectivity index (χ4v) is 2.66. The zero-order valence-corrected chi connectivity index (χ0v) is 15.9. The van der Waals surface area contributed by atoms with Crippen LogP contribution in [-0.2, 0) is 11.2 Å². The first-order valence-corrected chi connectivity index (χ1v) is 9.05. The number of anilines is 3. The Bertz CT molecular complexity index is 909. The van der Waals surface area contributed by atoms with E-state index in [0.29, 0.717) is 18.1 Å². The average molecular weight is 377 g/mol. The second-order valence-corrected chi connectivity index (χ2v) is 6.06. The molecular formula is C22H23N3O3. The van der Waals surface area contributed by atoms with Gasteiger partial charge in [0.1, 0.15) is 17.3 Å². The van der Waals surface area contributed by atoms with Crippen molar-refractivity contribution >= 4 is 23.1 Å². The van der Waals surface area contributed by atoms with Crippen molar-refractivity contribution in [2.24, 2.45) is 0 Å². The SMILES string of the molecule is CCOc1ccccc1Nc1ccc(NC(=O)Cc2ccc(OC)cc2)cn1. The third kappa shape index (κ3) is 5.23. The van der Waals surface area contributed by atoms with Gasteiger partial charge in [-0.1, -0.05) is 24.3 Å². The number of hydrogen-bond donors (Lipinski definition) is 2. The number of methoxy groups -OCH3 is 1. The van der Waals surface area contributed by atoms with Gasteiger partial charge < -0.3 is 20.1 Å². The van der Waals surface area contributed by atoms with Crippen molar-refractivity contribution in [3.05, 3.63) is 72.4 Å². The lowest BCUT2D eigenvalue weighted by Gasteiger charge is -2.12. The molecule has 2 N–H and O–H groups in total. The summed E-state index contributed by atoms with van der Waals surface area (Å²) in [5, 5.41) is 6.08. The smallest absolute Gasteiger partial charge is 0.228 e. The summed E-state index contributed by atoms with van der Waals surface area (Å²) in [5.74, 6) is 2.10. The highest BCUT2D eigenvalue weighted by Gasteiger charge is 2.07. The van der Waals surface area contributed by atoms with Crippen molar-refractivity contribution in [3.63, 3.8) is 0 Å². The van der Waals surface area contributed by atoms with Crippen LogP contribution < -0.4 is 20.1 Å². The normalized spacial score (nSPS) is 10.2. The maximum atomic E-state index is 12.2. The summed E-state index contributed by atoms with van der Waals surface area (Å²) >= 11 is 0. The number of rotatable bonds is 8. The van der Waals surface area contributed by atoms with Gasteiger partial charge in [-0.3, -0.25) is 4.79 Å². The fourth-order valence-electron chi connectivity index (χ4n) is 2.66. The van der Waals surface area contributed by atoms with Gasteiger partial charge in [-0.25, -0.2) is 4.98 Å². The maximum Gasteiger partial charge on any atom is 0.228 e. The lowest BCUT2D eigenvalue weighted by Crippen LogP contribution is -2.14. The number of hydrogen-bond acceptors (Lipinski definition) is 5. The predicted molar refractivity (Wildman–Crippen MR) is 110 cm³/mol. The summed E-state index contributed by atoms with van der Waals surface area (Å²) in [6.07, 6.45) is 1.91. The first-order chi connectivity index (χ1) is 13.7. The second kappa shape index (κ2) is 9.41. The minimum Gasteiger partial charge on any atom is -0.497 e. The largest absolute Gasteiger partial charge is 0.497 e. The van der Waals surface area contributed by atoms with Gasteiger partial charge in [0.25, 0.3) is 0 Å². The molecule has 2 aromatic carbocycles. The second-order valence-electron chi connectivity index (χ2n) is 6.06. The Morgan fingerprint density at radius 3 is 2.50 bits per heavy atom. The number of carbonyl (C=O) groups is 1. The van der Waals surface area contributed by atoms with E-state index in [0.717, 1.165) is 22.7 Å². The highest BCUT2D eigenvalue weighted by Crippen LogP contribution is 2.26. The molecule has 0 atom stereocenters. The molecule has 3 rings (SSSR count). The molecule has 0 unspecified atom stereocenters. The predicted octanol–water partition coefficient (Wildman–Crippen LogP) is 4.41. The lowest BCUT2D eigenvalue weighted by atomic mass is 10.1. The van der Waals surface area contributed by atoms with Crippen LogP contribution in [0.5, 0.6) is 11.5 Å². The molecule has 0 aliphatic heterocycles. The van der Waals surface area contributed by atoms with Crippen molar-refractivity contribution in [2.45, 2.75) is 13.3 Å². The standard InChI is InChI=1S/C22H23N3O3/c1-3-28-20-7-5-4-6-19(20)25-21-13-10-17(15-23-21)24-22(26)14-16-8-11-18(27-2)12-9-16/h4-13,15H,3,14H2,1-2H3,(H,23,25)(H,24,26). The minimum atomic E-state index is -0.102. The van der Waals surface area contributed by atoms with Crippen molar-refractivity contribution in [1.82, 2.24) is 4.98 Å². The zero-order chi connectivity index (χ0) is 19.8. The number of nitrogens with one attached hydrogen (secondary N) is 2. The Morgan fingerprint density at radius 2 is 1.82 bits per heavy atom. The van der Waals surface area contributed by atoms with Gasteiger partial charge in [0.05, 0.1) is 37.7 Å². The minimum absolute atomic E-state index is 0.102. The van der Waals surface area contributed by atoms with E-state index in [1.165, 1.54) is 0 Å². The molecule has 0 aliphatic rings. The number of aromatic nitrogens is 1. The molecule has 0 saturated heterocycles. The van der Waals surface area contributed by atoms with Gasteiger partial charge in [-0.05, 0) is 48.9 Å². The van der Waals surface area contributed by atoms with Crippen molar-refractivity contribution in [2.75, 3.05) is 24.4 Å². The lowest BCUT2D eigenvalue weighted by molar-refractivity contribution is -0.115. The first kappa shape index (κ1) is 19.2. The Kier molecular flexibility index (Phi) is 6.46. The molecule has 3 aromatic rings. The third-order valence-corrected chi connectivity index (χ3v) is 4.02. The number of amides is 1. The van der Waals surface area contributed by atoms with Crippen LogP contribution in [-0.4, -0.2) is 24.6 Å². The number of benzene rings is 2. The Hall–Kier alpha value is -3.54. The van der Waals surface area contributed by atoms with E-state index in [1.54, 1.807) is 13.3 Å². The molecule has 1 amide bonds. The van der Waals surface area contributed by atoms with Crippen LogP contribution in [0.3, 0.4) is 0 Å². The highest BCUT2D eigenvalue weighted by molar-refractivity contribution is 5.92. The molecular weight excluding hydrogens is 354 g/mol. The zero-order valence-electron chi connectivity index (χ0n) is 15.9. The summed E-state index contributed by atoms with van der Waals surface area (Å²) in [4.78, 5) is 16.6. The van der Waals surface area contributed by atoms with E-state index in [1.807, 2.05) is 67.6 Å². The summed E-state index contributed by atoms with van der Waals surface area (Å²) in [6.45, 7) is 2.53. The van der Waals surface area contributed by atoms with Gasteiger partial charge >= 0.3 is 0 Å². The van der Waals surface area contributed by atoms with Gasteiger partial charge in [0, 0.05) is 0 Å². The Labute approximate surface area is 164 Å². The fraction of sp³-hybridized carbons (Fsp3) is 0.182. The van der Waals surface area contributed by atoms with Crippen LogP contribution in [0.4, 0.5) is 17.2 Å². The van der Waals surface area contributed by atoms with Gasteiger partial charge in [0.2, 0.25) is 5.91 Å². The van der Waals surface area contributed by atoms with E-state index in [2.05, 4.69) is 15.6 Å². The molecule has 0 aliphatic carbocycles. The van der Waals surface area contributed by atoms with Crippen LogP contribution >= 0.6 is 0 Å². The summed E-state index contributed by atoms with van der Waals surface area (Å²) in [6, 6.07) is 18.7. The molecule has 0 fully saturated rings. The number of nitrogens with zero attached hydrogens (tertiary/aromatic N) is 1. The van der Waals surface area contributed by atoms with E-state index in [9.17, 15) is 4.79 Å². The van der Waals surface area contributed by atoms with Crippen molar-refractivity contribution in [3.8, 4) is 11.5 Å². The molecule has 144 valence electrons. The van der Waals surface area contributed by atoms with Crippen molar-refractivity contribution in [1.29, 1.82) is 0 Å². The third-order valence-electron chi connectivity index (χ3n) is 4.02. The van der Waals surface area contributed by atoms with Gasteiger partial charge in [-0.15, -0.1) is 0 Å². The average Bonchev–Trinajstić information content (AvgIpc) is 2.71. The van der Waals surface area contributed by atoms with Crippen LogP contribution in [0, 0.1) is 0 Å². The van der Waals surface area contributed by atoms with Crippen molar-refractivity contribution < 1.29 is 14.3 Å². The van der Waals surface area contributed by atoms with Crippen LogP contribution in [0.1, 0.15) is 12.5 Å². The summed E-state index contributed by atoms with van der Waals surface area (Å²) in [7, 11) is 1.61. The number of ether oxygens (including phenoxy) is 2. The molecule has 6 nitrogen and oxygen atoms in total. The summed E-state index contributed by atoms with van der Waals surface area (Å²) in [5.41, 5.74) is 2.40. The molecule has 0 saturated carbocycles. The van der Waals surface area contributed by atoms with Gasteiger partial charge in [-0.2, -0.15) is 0 Å². The van der Waals surface area contributed by atoms with Gasteiger partial charge in [0.15, 0.2) is 0 Å². The molecule has 1 aromatic heterocycles. The highest BCUT2D eigenvalue weighted by atomic mass is 16.5. The quantitative estimate of drug-likeness (QED) is 0.608. The molecule has 1 heterocycles. The maximum absolute atomic E-state index is 12.2. The van der Waals surface area contributed by atoms with Crippen LogP contribution in [0.15, 0.2) is 66.9 Å². The Balaban J connectivity index is 1.58. The molecule has 0 bridgehead atoms. The molecule has 6 heteroatoms. The molecule has 0 spiro atoms. The first-order valence-electron chi connectivity index (χ1n) is 9.05. The van der Waals surface area contributed by atoms with E-state index in [-0.39, 0.29) is 12.3 Å². The monoisotopic (exact) mass is 377 g/mol. The summed E-state index contributed by atoms with van der Waals surface area (Å²) < 4.78 is 10.7. The van der Waals surface area contributed by atoms with Crippen LogP contribution in [0.25, 0.3) is 0 Å². The van der Waals surface area contributed by atoms with Crippen LogP contribution in [0.2, 0.25) is 0 Å². The molecule has 28 heavy (non-hydrogen) atoms. The number of carbonyl (C=O) groups excluding carboxylic acids is 1. The topological polar surface area (TPSA) is 72.5 Å². The Morgan fingerprint density at radius 1 is 1.04 bits per heavy atom.